The van der Waals surface area contributed by atoms with Gasteiger partial charge >= 0.3 is 24.4 Å². The van der Waals surface area contributed by atoms with Crippen LogP contribution in [0.25, 0.3) is 0 Å². The number of hydrogen-bond acceptors (Lipinski definition) is 4. The number of esters is 1. The summed E-state index contributed by atoms with van der Waals surface area (Å²) in [5.74, 6) is -6.56. The highest BCUT2D eigenvalue weighted by Gasteiger charge is 2.48. The molecule has 0 spiro atoms. The van der Waals surface area contributed by atoms with Gasteiger partial charge in [-0.3, -0.25) is 0 Å². The highest BCUT2D eigenvalue weighted by molar-refractivity contribution is 5.85. The molecule has 11 heteroatoms. The van der Waals surface area contributed by atoms with Gasteiger partial charge in [0.2, 0.25) is 0 Å². The number of carbonyl (C=O) groups is 1. The number of hydrogen-bond donors (Lipinski definition) is 1. The van der Waals surface area contributed by atoms with Crippen molar-refractivity contribution >= 4 is 18.4 Å². The van der Waals surface area contributed by atoms with Crippen molar-refractivity contribution in [2.24, 2.45) is 5.73 Å². The molecule has 0 amide bonds. The Bertz CT molecular complexity index is 541. The molecule has 0 aliphatic rings. The van der Waals surface area contributed by atoms with Crippen molar-refractivity contribution in [1.82, 2.24) is 0 Å². The fourth-order valence-electron chi connectivity index (χ4n) is 1.51. The van der Waals surface area contributed by atoms with Gasteiger partial charge in [0.15, 0.2) is 0 Å². The Balaban J connectivity index is 0.00000529. The van der Waals surface area contributed by atoms with Crippen molar-refractivity contribution in [3.8, 4) is 5.75 Å². The Morgan fingerprint density at radius 2 is 1.67 bits per heavy atom. The second-order valence-electron chi connectivity index (χ2n) is 4.35. The van der Waals surface area contributed by atoms with E-state index in [-0.39, 0.29) is 24.6 Å². The normalized spacial score (nSPS) is 13.2. The lowest BCUT2D eigenvalue weighted by Gasteiger charge is -2.22. The van der Waals surface area contributed by atoms with Crippen molar-refractivity contribution in [1.29, 1.82) is 0 Å². The van der Waals surface area contributed by atoms with E-state index in [4.69, 9.17) is 5.73 Å². The Labute approximate surface area is 139 Å². The first-order valence-corrected chi connectivity index (χ1v) is 6.28. The summed E-state index contributed by atoms with van der Waals surface area (Å²) in [7, 11) is 0. The average Bonchev–Trinajstić information content (AvgIpc) is 2.47. The molecular formula is C13H14ClF6NO3. The summed E-state index contributed by atoms with van der Waals surface area (Å²) in [4.78, 5) is 11.1. The van der Waals surface area contributed by atoms with Crippen LogP contribution in [0.1, 0.15) is 18.5 Å². The smallest absolute Gasteiger partial charge is 0.461 e. The highest BCUT2D eigenvalue weighted by atomic mass is 35.5. The average molecular weight is 382 g/mol. The van der Waals surface area contributed by atoms with E-state index in [1.54, 1.807) is 0 Å². The Morgan fingerprint density at radius 3 is 2.08 bits per heavy atom. The summed E-state index contributed by atoms with van der Waals surface area (Å²) in [5, 5.41) is 0. The molecule has 4 nitrogen and oxygen atoms in total. The van der Waals surface area contributed by atoms with Crippen LogP contribution in [0, 0.1) is 0 Å². The SMILES string of the molecule is CCOC(=O)C(F)(F)[C@@H](N)c1ccc(OC(F)(F)C(F)F)cc1.Cl. The fraction of sp³-hybridized carbons (Fsp3) is 0.462. The molecule has 0 bridgehead atoms. The molecule has 0 fully saturated rings. The van der Waals surface area contributed by atoms with Gasteiger partial charge in [0.25, 0.3) is 0 Å². The first-order valence-electron chi connectivity index (χ1n) is 6.28. The lowest BCUT2D eigenvalue weighted by Crippen LogP contribution is -2.41. The molecule has 0 saturated heterocycles. The molecule has 1 aromatic rings. The fourth-order valence-corrected chi connectivity index (χ4v) is 1.51. The molecule has 0 aromatic heterocycles. The molecule has 1 rings (SSSR count). The van der Waals surface area contributed by atoms with E-state index in [0.717, 1.165) is 24.3 Å². The topological polar surface area (TPSA) is 61.5 Å². The van der Waals surface area contributed by atoms with Gasteiger partial charge in [-0.2, -0.15) is 26.3 Å². The molecule has 1 atom stereocenters. The number of carbonyl (C=O) groups excluding carboxylic acids is 1. The van der Waals surface area contributed by atoms with E-state index in [2.05, 4.69) is 9.47 Å². The zero-order valence-corrected chi connectivity index (χ0v) is 13.0. The van der Waals surface area contributed by atoms with E-state index >= 15 is 0 Å². The van der Waals surface area contributed by atoms with Gasteiger partial charge < -0.3 is 15.2 Å². The number of halogens is 7. The molecule has 0 saturated carbocycles. The van der Waals surface area contributed by atoms with Gasteiger partial charge in [-0.15, -0.1) is 12.4 Å². The van der Waals surface area contributed by atoms with E-state index in [1.807, 2.05) is 0 Å². The molecule has 138 valence electrons. The van der Waals surface area contributed by atoms with Gasteiger partial charge in [0.1, 0.15) is 11.8 Å². The molecule has 0 aliphatic heterocycles. The minimum Gasteiger partial charge on any atom is -0.462 e. The number of ether oxygens (including phenoxy) is 2. The van der Waals surface area contributed by atoms with Gasteiger partial charge in [-0.25, -0.2) is 4.79 Å². The lowest BCUT2D eigenvalue weighted by molar-refractivity contribution is -0.253. The van der Waals surface area contributed by atoms with Crippen molar-refractivity contribution in [2.75, 3.05) is 6.61 Å². The predicted molar refractivity (Wildman–Crippen MR) is 73.8 cm³/mol. The minimum absolute atomic E-state index is 0. The molecular weight excluding hydrogens is 368 g/mol. The molecule has 2 N–H and O–H groups in total. The van der Waals surface area contributed by atoms with E-state index < -0.39 is 36.2 Å². The molecule has 24 heavy (non-hydrogen) atoms. The summed E-state index contributed by atoms with van der Waals surface area (Å²) >= 11 is 0. The summed E-state index contributed by atoms with van der Waals surface area (Å²) in [6, 6.07) is 1.12. The quantitative estimate of drug-likeness (QED) is 0.579. The standard InChI is InChI=1S/C13H13F6NO3.ClH/c1-2-22-11(21)12(16,17)9(20)7-3-5-8(6-4-7)23-13(18,19)10(14)15;/h3-6,9-10H,2,20H2,1H3;1H/t9-;/m0./s1. The van der Waals surface area contributed by atoms with Crippen molar-refractivity contribution in [3.63, 3.8) is 0 Å². The third-order valence-corrected chi connectivity index (χ3v) is 2.69. The second-order valence-corrected chi connectivity index (χ2v) is 4.35. The maximum Gasteiger partial charge on any atom is 0.461 e. The molecule has 0 radical (unpaired) electrons. The van der Waals surface area contributed by atoms with E-state index in [1.165, 1.54) is 6.92 Å². The Hall–Kier alpha value is -1.68. The minimum atomic E-state index is -4.72. The van der Waals surface area contributed by atoms with Crippen LogP contribution in [-0.2, 0) is 9.53 Å². The van der Waals surface area contributed by atoms with Crippen molar-refractivity contribution in [2.45, 2.75) is 31.4 Å². The molecule has 0 heterocycles. The third-order valence-electron chi connectivity index (χ3n) is 2.69. The number of rotatable bonds is 7. The van der Waals surface area contributed by atoms with Gasteiger partial charge in [0, 0.05) is 0 Å². The number of nitrogens with two attached hydrogens (primary N) is 1. The van der Waals surface area contributed by atoms with Gasteiger partial charge in [-0.05, 0) is 24.6 Å². The van der Waals surface area contributed by atoms with Crippen LogP contribution >= 0.6 is 12.4 Å². The van der Waals surface area contributed by atoms with Crippen LogP contribution in [0.5, 0.6) is 5.75 Å². The summed E-state index contributed by atoms with van der Waals surface area (Å²) in [6.45, 7) is 1.05. The third kappa shape index (κ3) is 5.17. The van der Waals surface area contributed by atoms with Crippen LogP contribution < -0.4 is 10.5 Å². The second kappa shape index (κ2) is 8.43. The lowest BCUT2D eigenvalue weighted by atomic mass is 10.0. The Kier molecular flexibility index (Phi) is 7.84. The largest absolute Gasteiger partial charge is 0.462 e. The van der Waals surface area contributed by atoms with Crippen LogP contribution in [0.2, 0.25) is 0 Å². The molecule has 0 unspecified atom stereocenters. The van der Waals surface area contributed by atoms with Crippen LogP contribution in [0.3, 0.4) is 0 Å². The van der Waals surface area contributed by atoms with Crippen molar-refractivity contribution < 1.29 is 40.6 Å². The summed E-state index contributed by atoms with van der Waals surface area (Å²) in [6.07, 6.45) is -8.78. The van der Waals surface area contributed by atoms with Gasteiger partial charge in [0.05, 0.1) is 6.61 Å². The van der Waals surface area contributed by atoms with Crippen molar-refractivity contribution in [3.05, 3.63) is 29.8 Å². The predicted octanol–water partition coefficient (Wildman–Crippen LogP) is 3.54. The number of benzene rings is 1. The molecule has 0 aliphatic carbocycles. The van der Waals surface area contributed by atoms with Crippen LogP contribution in [0.4, 0.5) is 26.3 Å². The van der Waals surface area contributed by atoms with E-state index in [9.17, 15) is 31.1 Å². The maximum absolute atomic E-state index is 13.7. The zero-order chi connectivity index (χ0) is 17.8. The number of alkyl halides is 6. The first kappa shape index (κ1) is 22.3. The molecule has 1 aromatic carbocycles. The maximum atomic E-state index is 13.7. The Morgan fingerprint density at radius 1 is 1.17 bits per heavy atom. The first-order chi connectivity index (χ1) is 10.5. The zero-order valence-electron chi connectivity index (χ0n) is 12.1. The van der Waals surface area contributed by atoms with Gasteiger partial charge in [-0.1, -0.05) is 12.1 Å². The van der Waals surface area contributed by atoms with Crippen LogP contribution in [0.15, 0.2) is 24.3 Å². The van der Waals surface area contributed by atoms with Crippen LogP contribution in [-0.4, -0.2) is 31.0 Å². The summed E-state index contributed by atoms with van der Waals surface area (Å²) < 4.78 is 84.7. The highest BCUT2D eigenvalue weighted by Crippen LogP contribution is 2.33. The monoisotopic (exact) mass is 381 g/mol. The summed E-state index contributed by atoms with van der Waals surface area (Å²) in [5.41, 5.74) is 4.97. The van der Waals surface area contributed by atoms with E-state index in [0.29, 0.717) is 0 Å².